The summed E-state index contributed by atoms with van der Waals surface area (Å²) in [6, 6.07) is 9.79. The second kappa shape index (κ2) is 11.3. The van der Waals surface area contributed by atoms with Crippen molar-refractivity contribution in [3.8, 4) is 11.8 Å². The summed E-state index contributed by atoms with van der Waals surface area (Å²) in [5, 5.41) is 9.13. The van der Waals surface area contributed by atoms with Crippen LogP contribution in [0.2, 0.25) is 16.6 Å². The SMILES string of the molecule is CCCCOC(=O)C(CC#N)c1ccc(O[Si](C(C)C)(C(C)C)C(C)C)cc1. The molecule has 1 aromatic rings. The summed E-state index contributed by atoms with van der Waals surface area (Å²) in [4.78, 5) is 12.4. The molecule has 1 aromatic carbocycles. The molecule has 0 radical (unpaired) electrons. The Bertz CT molecular complexity index is 625. The smallest absolute Gasteiger partial charge is 0.314 e. The number of hydrogen-bond acceptors (Lipinski definition) is 4. The van der Waals surface area contributed by atoms with E-state index in [-0.39, 0.29) is 12.4 Å². The monoisotopic (exact) mass is 403 g/mol. The Hall–Kier alpha value is -1.80. The number of nitrogens with zero attached hydrogens (tertiary/aromatic N) is 1. The molecular formula is C23H37NO3Si. The van der Waals surface area contributed by atoms with Gasteiger partial charge in [-0.2, -0.15) is 5.26 Å². The average molecular weight is 404 g/mol. The minimum atomic E-state index is -2.02. The summed E-state index contributed by atoms with van der Waals surface area (Å²) in [6.45, 7) is 16.0. The zero-order chi connectivity index (χ0) is 21.3. The Morgan fingerprint density at radius 1 is 1.04 bits per heavy atom. The van der Waals surface area contributed by atoms with Gasteiger partial charge in [-0.3, -0.25) is 4.79 Å². The van der Waals surface area contributed by atoms with Crippen LogP contribution >= 0.6 is 0 Å². The van der Waals surface area contributed by atoms with E-state index < -0.39 is 14.2 Å². The maximum Gasteiger partial charge on any atom is 0.314 e. The third-order valence-electron chi connectivity index (χ3n) is 5.61. The zero-order valence-corrected chi connectivity index (χ0v) is 19.6. The minimum absolute atomic E-state index is 0.119. The van der Waals surface area contributed by atoms with Crippen LogP contribution in [0, 0.1) is 11.3 Å². The van der Waals surface area contributed by atoms with Crippen molar-refractivity contribution in [3.05, 3.63) is 29.8 Å². The molecule has 0 amide bonds. The lowest BCUT2D eigenvalue weighted by Crippen LogP contribution is -2.50. The molecule has 28 heavy (non-hydrogen) atoms. The number of carbonyl (C=O) groups excluding carboxylic acids is 1. The first-order chi connectivity index (χ1) is 13.2. The Morgan fingerprint density at radius 2 is 1.57 bits per heavy atom. The number of esters is 1. The van der Waals surface area contributed by atoms with E-state index in [1.807, 2.05) is 31.2 Å². The third kappa shape index (κ3) is 5.85. The van der Waals surface area contributed by atoms with Crippen LogP contribution in [0.15, 0.2) is 24.3 Å². The lowest BCUT2D eigenvalue weighted by atomic mass is 9.96. The topological polar surface area (TPSA) is 59.3 Å². The molecule has 1 unspecified atom stereocenters. The lowest BCUT2D eigenvalue weighted by Gasteiger charge is -2.42. The molecular weight excluding hydrogens is 366 g/mol. The zero-order valence-electron chi connectivity index (χ0n) is 18.6. The van der Waals surface area contributed by atoms with E-state index in [0.29, 0.717) is 23.2 Å². The molecule has 0 aliphatic rings. The second-order valence-electron chi connectivity index (χ2n) is 8.42. The second-order valence-corrected chi connectivity index (χ2v) is 13.8. The molecule has 0 spiro atoms. The normalized spacial score (nSPS) is 12.9. The van der Waals surface area contributed by atoms with E-state index in [9.17, 15) is 4.79 Å². The molecule has 0 saturated heterocycles. The Labute approximate surface area is 172 Å². The van der Waals surface area contributed by atoms with Gasteiger partial charge in [-0.15, -0.1) is 0 Å². The van der Waals surface area contributed by atoms with Gasteiger partial charge in [0.2, 0.25) is 0 Å². The Kier molecular flexibility index (Phi) is 9.75. The van der Waals surface area contributed by atoms with Crippen LogP contribution in [0.3, 0.4) is 0 Å². The quantitative estimate of drug-likeness (QED) is 0.238. The van der Waals surface area contributed by atoms with Crippen LogP contribution in [0.1, 0.15) is 79.2 Å². The fourth-order valence-electron chi connectivity index (χ4n) is 4.17. The summed E-state index contributed by atoms with van der Waals surface area (Å²) in [7, 11) is -2.02. The molecule has 0 bridgehead atoms. The summed E-state index contributed by atoms with van der Waals surface area (Å²) in [5.41, 5.74) is 2.28. The molecule has 0 fully saturated rings. The fourth-order valence-corrected chi connectivity index (χ4v) is 9.42. The van der Waals surface area contributed by atoms with Crippen LogP contribution in [0.4, 0.5) is 0 Å². The van der Waals surface area contributed by atoms with Gasteiger partial charge >= 0.3 is 5.97 Å². The minimum Gasteiger partial charge on any atom is -0.543 e. The molecule has 156 valence electrons. The van der Waals surface area contributed by atoms with Gasteiger partial charge in [0.15, 0.2) is 0 Å². The highest BCUT2D eigenvalue weighted by Gasteiger charge is 2.47. The van der Waals surface area contributed by atoms with Gasteiger partial charge in [-0.25, -0.2) is 0 Å². The molecule has 1 rings (SSSR count). The summed E-state index contributed by atoms with van der Waals surface area (Å²) in [5.74, 6) is -0.0151. The Balaban J connectivity index is 3.04. The van der Waals surface area contributed by atoms with Crippen LogP contribution in [0.25, 0.3) is 0 Å². The number of benzene rings is 1. The number of carbonyl (C=O) groups is 1. The van der Waals surface area contributed by atoms with Crippen molar-refractivity contribution in [2.24, 2.45) is 0 Å². The molecule has 4 nitrogen and oxygen atoms in total. The van der Waals surface area contributed by atoms with Crippen molar-refractivity contribution in [2.75, 3.05) is 6.61 Å². The highest BCUT2D eigenvalue weighted by molar-refractivity contribution is 6.78. The van der Waals surface area contributed by atoms with Crippen molar-refractivity contribution in [1.29, 1.82) is 5.26 Å². The van der Waals surface area contributed by atoms with Gasteiger partial charge in [-0.1, -0.05) is 67.0 Å². The first-order valence-corrected chi connectivity index (χ1v) is 12.7. The first kappa shape index (κ1) is 24.2. The van der Waals surface area contributed by atoms with Crippen molar-refractivity contribution in [3.63, 3.8) is 0 Å². The first-order valence-electron chi connectivity index (χ1n) is 10.5. The van der Waals surface area contributed by atoms with Crippen molar-refractivity contribution < 1.29 is 14.0 Å². The van der Waals surface area contributed by atoms with E-state index in [1.54, 1.807) is 0 Å². The van der Waals surface area contributed by atoms with Gasteiger partial charge in [0.05, 0.1) is 25.0 Å². The van der Waals surface area contributed by atoms with Gasteiger partial charge in [0.1, 0.15) is 5.75 Å². The summed E-state index contributed by atoms with van der Waals surface area (Å²) < 4.78 is 12.0. The number of hydrogen-bond donors (Lipinski definition) is 0. The summed E-state index contributed by atoms with van der Waals surface area (Å²) in [6.07, 6.45) is 1.92. The number of rotatable bonds is 11. The molecule has 0 aliphatic carbocycles. The third-order valence-corrected chi connectivity index (χ3v) is 11.6. The van der Waals surface area contributed by atoms with Gasteiger partial charge in [-0.05, 0) is 40.7 Å². The fraction of sp³-hybridized carbons (Fsp3) is 0.652. The van der Waals surface area contributed by atoms with E-state index in [4.69, 9.17) is 14.4 Å². The van der Waals surface area contributed by atoms with Crippen molar-refractivity contribution in [2.45, 2.75) is 90.3 Å². The molecule has 1 atom stereocenters. The molecule has 0 N–H and O–H groups in total. The molecule has 0 heterocycles. The van der Waals surface area contributed by atoms with Crippen LogP contribution < -0.4 is 4.43 Å². The van der Waals surface area contributed by atoms with E-state index >= 15 is 0 Å². The van der Waals surface area contributed by atoms with Crippen LogP contribution in [-0.2, 0) is 9.53 Å². The number of unbranched alkanes of at least 4 members (excludes halogenated alkanes) is 1. The van der Waals surface area contributed by atoms with Gasteiger partial charge < -0.3 is 9.16 Å². The van der Waals surface area contributed by atoms with Gasteiger partial charge in [0.25, 0.3) is 8.32 Å². The lowest BCUT2D eigenvalue weighted by molar-refractivity contribution is -0.145. The van der Waals surface area contributed by atoms with Crippen LogP contribution in [0.5, 0.6) is 5.75 Å². The maximum absolute atomic E-state index is 12.4. The predicted octanol–water partition coefficient (Wildman–Crippen LogP) is 6.58. The largest absolute Gasteiger partial charge is 0.543 e. The average Bonchev–Trinajstić information content (AvgIpc) is 2.64. The molecule has 5 heteroatoms. The van der Waals surface area contributed by atoms with Crippen LogP contribution in [-0.4, -0.2) is 20.9 Å². The van der Waals surface area contributed by atoms with E-state index in [0.717, 1.165) is 24.2 Å². The number of nitriles is 1. The van der Waals surface area contributed by atoms with Crippen molar-refractivity contribution in [1.82, 2.24) is 0 Å². The predicted molar refractivity (Wildman–Crippen MR) is 117 cm³/mol. The standard InChI is InChI=1S/C23H37NO3Si/c1-8-9-16-26-23(25)22(14-15-24)20-10-12-21(13-11-20)27-28(17(2)3,18(4)5)19(6)7/h10-13,17-19,22H,8-9,14,16H2,1-7H3. The highest BCUT2D eigenvalue weighted by Crippen LogP contribution is 2.42. The van der Waals surface area contributed by atoms with E-state index in [2.05, 4.69) is 47.6 Å². The highest BCUT2D eigenvalue weighted by atomic mass is 28.4. The summed E-state index contributed by atoms with van der Waals surface area (Å²) >= 11 is 0. The molecule has 0 aliphatic heterocycles. The Morgan fingerprint density at radius 3 is 2.00 bits per heavy atom. The van der Waals surface area contributed by atoms with E-state index in [1.165, 1.54) is 0 Å². The maximum atomic E-state index is 12.4. The molecule has 0 saturated carbocycles. The van der Waals surface area contributed by atoms with Gasteiger partial charge in [0, 0.05) is 0 Å². The van der Waals surface area contributed by atoms with Crippen molar-refractivity contribution >= 4 is 14.3 Å². The number of ether oxygens (including phenoxy) is 1. The molecule has 0 aromatic heterocycles.